The Morgan fingerprint density at radius 3 is 1.60 bits per heavy atom. The average Bonchev–Trinajstić information content (AvgIpc) is 1.46. The van der Waals surface area contributed by atoms with Gasteiger partial charge in [-0.05, 0) is 0 Å². The van der Waals surface area contributed by atoms with E-state index in [-0.39, 0.29) is 0 Å². The van der Waals surface area contributed by atoms with E-state index >= 15 is 0 Å². The molecule has 0 atom stereocenters. The maximum atomic E-state index is 3.00. The molecule has 0 rings (SSSR count). The topological polar surface area (TPSA) is 0 Å². The summed E-state index contributed by atoms with van der Waals surface area (Å²) in [6.45, 7) is 8.09. The second kappa shape index (κ2) is 28.3. The summed E-state index contributed by atoms with van der Waals surface area (Å²) >= 11 is 2.58. The number of hydrogen-bond donors (Lipinski definition) is 0. The molecular weight excluding hydrogens is 75.0 g/mol. The molecule has 2 radical (unpaired) electrons. The van der Waals surface area contributed by atoms with Crippen LogP contribution < -0.4 is 0 Å². The summed E-state index contributed by atoms with van der Waals surface area (Å²) in [4.78, 5) is 0. The number of rotatable bonds is 0. The number of hydrogen-bond acceptors (Lipinski definition) is 0. The molecule has 0 bridgehead atoms. The lowest BCUT2D eigenvalue weighted by Gasteiger charge is -1.47. The van der Waals surface area contributed by atoms with Gasteiger partial charge in [0.2, 0.25) is 0 Å². The summed E-state index contributed by atoms with van der Waals surface area (Å²) in [7, 11) is 0. The van der Waals surface area contributed by atoms with E-state index in [4.69, 9.17) is 0 Å². The molecule has 0 nitrogen and oxygen atoms in total. The molecule has 0 amide bonds. The standard InChI is InChI=1S/C2H5.C2H4.Al/c2*1-2;/h1H2,2H3;1-2H2;. The van der Waals surface area contributed by atoms with Gasteiger partial charge in [-0.25, -0.2) is 0 Å². The van der Waals surface area contributed by atoms with Crippen molar-refractivity contribution in [1.82, 2.24) is 0 Å². The minimum atomic E-state index is 1.17. The zero-order valence-electron chi connectivity index (χ0n) is 3.70. The van der Waals surface area contributed by atoms with Crippen molar-refractivity contribution in [3.8, 4) is 0 Å². The Balaban J connectivity index is 0. The van der Waals surface area contributed by atoms with Crippen LogP contribution in [0.3, 0.4) is 0 Å². The summed E-state index contributed by atoms with van der Waals surface area (Å²) < 4.78 is 0. The van der Waals surface area contributed by atoms with Crippen LogP contribution in [0.15, 0.2) is 13.2 Å². The van der Waals surface area contributed by atoms with Crippen molar-refractivity contribution in [2.45, 2.75) is 12.2 Å². The van der Waals surface area contributed by atoms with Crippen LogP contribution in [0.25, 0.3) is 0 Å². The summed E-state index contributed by atoms with van der Waals surface area (Å²) in [6.07, 6.45) is 0. The van der Waals surface area contributed by atoms with Crippen molar-refractivity contribution in [2.75, 3.05) is 0 Å². The molecule has 5 heavy (non-hydrogen) atoms. The largest absolute Gasteiger partial charge is 0.120 e. The fourth-order valence-corrected chi connectivity index (χ4v) is 0. The van der Waals surface area contributed by atoms with Crippen LogP contribution in [0.2, 0.25) is 5.28 Å². The zero-order valence-corrected chi connectivity index (χ0v) is 4.85. The first-order valence-electron chi connectivity index (χ1n) is 1.62. The summed E-state index contributed by atoms with van der Waals surface area (Å²) in [5.41, 5.74) is 0. The van der Waals surface area contributed by atoms with Gasteiger partial charge in [-0.15, -0.1) is 18.4 Å². The Hall–Kier alpha value is 0.272. The van der Waals surface area contributed by atoms with Crippen LogP contribution in [0.4, 0.5) is 0 Å². The highest BCUT2D eigenvalue weighted by atomic mass is 27.0. The van der Waals surface area contributed by atoms with E-state index in [0.717, 1.165) is 0 Å². The Morgan fingerprint density at radius 2 is 1.60 bits per heavy atom. The highest BCUT2D eigenvalue weighted by Crippen LogP contribution is 1.49. The minimum Gasteiger partial charge on any atom is -0.120 e. The van der Waals surface area contributed by atoms with Crippen molar-refractivity contribution in [3.63, 3.8) is 0 Å². The second-order valence-corrected chi connectivity index (χ2v) is 1.22. The lowest BCUT2D eigenvalue weighted by molar-refractivity contribution is 1.48. The maximum absolute atomic E-state index is 3.00. The average molecular weight is 84.1 g/mol. The molecule has 0 spiro atoms. The third kappa shape index (κ3) is 297. The van der Waals surface area contributed by atoms with E-state index in [1.165, 1.54) is 5.28 Å². The van der Waals surface area contributed by atoms with Gasteiger partial charge in [0, 0.05) is 0 Å². The Bertz CT molecular complexity index is 7.61. The van der Waals surface area contributed by atoms with Gasteiger partial charge in [-0.3, -0.25) is 0 Å². The van der Waals surface area contributed by atoms with Crippen LogP contribution in [-0.4, -0.2) is 16.3 Å². The van der Waals surface area contributed by atoms with Gasteiger partial charge in [0.05, 0.1) is 0 Å². The van der Waals surface area contributed by atoms with Crippen molar-refractivity contribution < 1.29 is 0 Å². The normalized spacial score (nSPS) is 4.20. The molecule has 0 saturated carbocycles. The molecule has 0 aromatic carbocycles. The molecule has 0 aliphatic heterocycles. The fraction of sp³-hybridized carbons (Fsp3) is 0.500. The first-order valence-corrected chi connectivity index (χ1v) is 2.43. The Kier molecular flexibility index (Phi) is 50.8. The lowest BCUT2D eigenvalue weighted by Crippen LogP contribution is -1.41. The lowest BCUT2D eigenvalue weighted by atomic mass is 11.0. The predicted octanol–water partition coefficient (Wildman–Crippen LogP) is 1.40. The molecule has 0 aliphatic rings. The van der Waals surface area contributed by atoms with E-state index in [9.17, 15) is 0 Å². The van der Waals surface area contributed by atoms with Crippen molar-refractivity contribution >= 4 is 16.3 Å². The van der Waals surface area contributed by atoms with E-state index in [0.29, 0.717) is 0 Å². The van der Waals surface area contributed by atoms with Crippen LogP contribution in [0.1, 0.15) is 6.92 Å². The quantitative estimate of drug-likeness (QED) is 0.307. The third-order valence-corrected chi connectivity index (χ3v) is 0. The molecule has 0 aromatic rings. The van der Waals surface area contributed by atoms with Gasteiger partial charge in [0.25, 0.3) is 0 Å². The van der Waals surface area contributed by atoms with Crippen LogP contribution in [0.5, 0.6) is 0 Å². The first-order chi connectivity index (χ1) is 2.41. The first kappa shape index (κ1) is 8.99. The zero-order chi connectivity index (χ0) is 4.71. The molecular formula is C4H9Al. The van der Waals surface area contributed by atoms with E-state index in [2.05, 4.69) is 36.4 Å². The molecule has 0 aliphatic carbocycles. The third-order valence-electron chi connectivity index (χ3n) is 0. The van der Waals surface area contributed by atoms with E-state index in [1.54, 1.807) is 0 Å². The fourth-order valence-electron chi connectivity index (χ4n) is 0. The highest BCUT2D eigenvalue weighted by molar-refractivity contribution is 6.08. The van der Waals surface area contributed by atoms with Gasteiger partial charge in [-0.2, -0.15) is 0 Å². The molecule has 0 heterocycles. The highest BCUT2D eigenvalue weighted by Gasteiger charge is 1.37. The van der Waals surface area contributed by atoms with Gasteiger partial charge >= 0.3 is 0 Å². The van der Waals surface area contributed by atoms with Crippen molar-refractivity contribution in [2.24, 2.45) is 0 Å². The molecule has 1 heteroatoms. The Labute approximate surface area is 42.3 Å². The van der Waals surface area contributed by atoms with Crippen molar-refractivity contribution in [1.29, 1.82) is 0 Å². The SMILES string of the molecule is C=C.C[CH2][Al]. The van der Waals surface area contributed by atoms with E-state index in [1.807, 2.05) is 0 Å². The summed E-state index contributed by atoms with van der Waals surface area (Å²) in [5, 5.41) is 1.17. The monoisotopic (exact) mass is 84.1 g/mol. The molecule has 0 aromatic heterocycles. The maximum Gasteiger partial charge on any atom is 0.117 e. The van der Waals surface area contributed by atoms with Gasteiger partial charge in [0.1, 0.15) is 16.3 Å². The Morgan fingerprint density at radius 1 is 1.60 bits per heavy atom. The van der Waals surface area contributed by atoms with E-state index < -0.39 is 0 Å². The molecule has 0 N–H and O–H groups in total. The van der Waals surface area contributed by atoms with Crippen molar-refractivity contribution in [3.05, 3.63) is 13.2 Å². The summed E-state index contributed by atoms with van der Waals surface area (Å²) in [5.74, 6) is 0. The molecule has 28 valence electrons. The van der Waals surface area contributed by atoms with Crippen LogP contribution in [-0.2, 0) is 0 Å². The summed E-state index contributed by atoms with van der Waals surface area (Å²) in [6, 6.07) is 0. The van der Waals surface area contributed by atoms with Crippen LogP contribution >= 0.6 is 0 Å². The van der Waals surface area contributed by atoms with Gasteiger partial charge in [0.15, 0.2) is 0 Å². The van der Waals surface area contributed by atoms with Gasteiger partial charge in [-0.1, -0.05) is 6.92 Å². The van der Waals surface area contributed by atoms with Crippen LogP contribution in [0, 0.1) is 0 Å². The van der Waals surface area contributed by atoms with Gasteiger partial charge < -0.3 is 0 Å². The molecule has 0 fully saturated rings. The molecule has 0 saturated heterocycles. The second-order valence-electron chi connectivity index (χ2n) is 0.408. The smallest absolute Gasteiger partial charge is 0.117 e. The minimum absolute atomic E-state index is 1.17. The predicted molar refractivity (Wildman–Crippen MR) is 27.5 cm³/mol. The molecule has 0 unspecified atom stereocenters.